The average molecular weight is 352 g/mol. The molecule has 1 aromatic heterocycles. The van der Waals surface area contributed by atoms with Crippen molar-refractivity contribution in [3.63, 3.8) is 0 Å². The number of esters is 1. The Morgan fingerprint density at radius 3 is 2.69 bits per heavy atom. The molecule has 1 fully saturated rings. The van der Waals surface area contributed by atoms with E-state index in [2.05, 4.69) is 10.1 Å². The molecule has 1 N–H and O–H groups in total. The number of nitrogens with zero attached hydrogens (tertiary/aromatic N) is 1. The topological polar surface area (TPSA) is 88.9 Å². The second-order valence-corrected chi connectivity index (χ2v) is 5.43. The van der Waals surface area contributed by atoms with Crippen molar-refractivity contribution in [1.29, 1.82) is 0 Å². The first-order chi connectivity index (χ1) is 12.6. The van der Waals surface area contributed by atoms with Crippen molar-refractivity contribution < 1.29 is 23.5 Å². The Kier molecular flexibility index (Phi) is 4.98. The molecule has 0 bridgehead atoms. The summed E-state index contributed by atoms with van der Waals surface area (Å²) in [6.07, 6.45) is 5.05. The third-order valence-corrected chi connectivity index (χ3v) is 3.68. The number of methoxy groups -OCH3 is 1. The summed E-state index contributed by atoms with van der Waals surface area (Å²) in [6, 6.07) is 12.0. The molecule has 1 aromatic carbocycles. The average Bonchev–Trinajstić information content (AvgIpc) is 3.23. The number of rotatable bonds is 5. The van der Waals surface area contributed by atoms with E-state index in [0.717, 1.165) is 10.5 Å². The highest BCUT2D eigenvalue weighted by Gasteiger charge is 2.34. The molecule has 2 heterocycles. The van der Waals surface area contributed by atoms with E-state index in [9.17, 15) is 14.4 Å². The van der Waals surface area contributed by atoms with Crippen molar-refractivity contribution in [2.24, 2.45) is 0 Å². The molecule has 0 radical (unpaired) electrons. The smallest absolute Gasteiger partial charge is 0.373 e. The van der Waals surface area contributed by atoms with Gasteiger partial charge in [0.2, 0.25) is 5.76 Å². The first kappa shape index (κ1) is 17.2. The number of amides is 3. The van der Waals surface area contributed by atoms with E-state index in [4.69, 9.17) is 4.42 Å². The van der Waals surface area contributed by atoms with Gasteiger partial charge in [-0.2, -0.15) is 0 Å². The van der Waals surface area contributed by atoms with E-state index in [-0.39, 0.29) is 18.0 Å². The van der Waals surface area contributed by atoms with Gasteiger partial charge in [0.25, 0.3) is 5.91 Å². The van der Waals surface area contributed by atoms with Crippen LogP contribution in [0, 0.1) is 0 Å². The molecule has 0 spiro atoms. The summed E-state index contributed by atoms with van der Waals surface area (Å²) >= 11 is 0. The summed E-state index contributed by atoms with van der Waals surface area (Å²) in [5.41, 5.74) is 1.14. The molecule has 3 rings (SSSR count). The van der Waals surface area contributed by atoms with Crippen LogP contribution in [0.4, 0.5) is 4.79 Å². The Labute approximate surface area is 149 Å². The van der Waals surface area contributed by atoms with E-state index in [1.807, 2.05) is 36.4 Å². The predicted molar refractivity (Wildman–Crippen MR) is 92.7 cm³/mol. The fourth-order valence-electron chi connectivity index (χ4n) is 2.38. The van der Waals surface area contributed by atoms with E-state index < -0.39 is 17.9 Å². The number of imide groups is 1. The van der Waals surface area contributed by atoms with Gasteiger partial charge >= 0.3 is 12.0 Å². The number of ether oxygens (including phenoxy) is 1. The van der Waals surface area contributed by atoms with Gasteiger partial charge in [-0.05, 0) is 23.8 Å². The van der Waals surface area contributed by atoms with Gasteiger partial charge in [-0.15, -0.1) is 0 Å². The Morgan fingerprint density at radius 2 is 1.96 bits per heavy atom. The lowest BCUT2D eigenvalue weighted by molar-refractivity contribution is -0.123. The number of hydrogen-bond donors (Lipinski definition) is 1. The zero-order chi connectivity index (χ0) is 18.5. The number of nitrogens with one attached hydrogen (secondary N) is 1. The Balaban J connectivity index is 1.69. The molecular weight excluding hydrogens is 336 g/mol. The van der Waals surface area contributed by atoms with Crippen LogP contribution in [0.5, 0.6) is 0 Å². The fraction of sp³-hybridized carbons (Fsp3) is 0.105. The summed E-state index contributed by atoms with van der Waals surface area (Å²) in [5, 5.41) is 2.51. The molecule has 7 nitrogen and oxygen atoms in total. The van der Waals surface area contributed by atoms with Crippen molar-refractivity contribution in [3.05, 3.63) is 77.4 Å². The summed E-state index contributed by atoms with van der Waals surface area (Å²) in [7, 11) is 1.24. The first-order valence-corrected chi connectivity index (χ1v) is 7.82. The van der Waals surface area contributed by atoms with Crippen molar-refractivity contribution in [1.82, 2.24) is 10.2 Å². The maximum Gasteiger partial charge on any atom is 0.373 e. The monoisotopic (exact) mass is 352 g/mol. The normalized spacial score (nSPS) is 15.7. The minimum Gasteiger partial charge on any atom is -0.463 e. The molecule has 0 saturated carbocycles. The molecule has 0 unspecified atom stereocenters. The number of hydrogen-bond acceptors (Lipinski definition) is 5. The lowest BCUT2D eigenvalue weighted by Crippen LogP contribution is -2.30. The molecule has 7 heteroatoms. The largest absolute Gasteiger partial charge is 0.463 e. The number of carbonyl (C=O) groups is 3. The quantitative estimate of drug-likeness (QED) is 0.508. The van der Waals surface area contributed by atoms with Crippen molar-refractivity contribution in [3.8, 4) is 0 Å². The van der Waals surface area contributed by atoms with Crippen molar-refractivity contribution in [2.75, 3.05) is 7.11 Å². The van der Waals surface area contributed by atoms with Crippen LogP contribution in [0.2, 0.25) is 0 Å². The first-order valence-electron chi connectivity index (χ1n) is 7.82. The van der Waals surface area contributed by atoms with Crippen LogP contribution < -0.4 is 5.32 Å². The van der Waals surface area contributed by atoms with Gasteiger partial charge in [0.15, 0.2) is 0 Å². The fourth-order valence-corrected chi connectivity index (χ4v) is 2.38. The molecule has 132 valence electrons. The third-order valence-electron chi connectivity index (χ3n) is 3.68. The lowest BCUT2D eigenvalue weighted by atomic mass is 10.2. The summed E-state index contributed by atoms with van der Waals surface area (Å²) in [6.45, 7) is -0.0819. The van der Waals surface area contributed by atoms with Gasteiger partial charge in [0, 0.05) is 0 Å². The van der Waals surface area contributed by atoms with Gasteiger partial charge in [0.05, 0.1) is 13.7 Å². The van der Waals surface area contributed by atoms with Crippen LogP contribution in [0.1, 0.15) is 21.9 Å². The molecule has 0 atom stereocenters. The van der Waals surface area contributed by atoms with Crippen LogP contribution in [0.15, 0.2) is 64.7 Å². The van der Waals surface area contributed by atoms with E-state index in [0.29, 0.717) is 5.76 Å². The number of benzene rings is 1. The highest BCUT2D eigenvalue weighted by molar-refractivity contribution is 6.11. The molecule has 1 saturated heterocycles. The number of furan rings is 1. The van der Waals surface area contributed by atoms with E-state index in [1.165, 1.54) is 25.3 Å². The minimum absolute atomic E-state index is 0.0103. The van der Waals surface area contributed by atoms with Crippen LogP contribution in [0.3, 0.4) is 0 Å². The summed E-state index contributed by atoms with van der Waals surface area (Å²) < 4.78 is 9.84. The van der Waals surface area contributed by atoms with Crippen LogP contribution in [-0.2, 0) is 16.1 Å². The number of urea groups is 1. The molecule has 1 aliphatic rings. The van der Waals surface area contributed by atoms with Gasteiger partial charge in [-0.25, -0.2) is 9.59 Å². The van der Waals surface area contributed by atoms with Crippen LogP contribution >= 0.6 is 0 Å². The van der Waals surface area contributed by atoms with Gasteiger partial charge in [0.1, 0.15) is 11.5 Å². The van der Waals surface area contributed by atoms with E-state index >= 15 is 0 Å². The molecule has 1 aliphatic heterocycles. The highest BCUT2D eigenvalue weighted by Crippen LogP contribution is 2.17. The zero-order valence-electron chi connectivity index (χ0n) is 14.0. The minimum atomic E-state index is -0.625. The predicted octanol–water partition coefficient (Wildman–Crippen LogP) is 2.72. The zero-order valence-corrected chi connectivity index (χ0v) is 14.0. The number of carbonyl (C=O) groups excluding carboxylic acids is 3. The Morgan fingerprint density at radius 1 is 1.19 bits per heavy atom. The number of allylic oxidation sites excluding steroid dienone is 2. The van der Waals surface area contributed by atoms with Gasteiger partial charge in [-0.1, -0.05) is 42.5 Å². The third kappa shape index (κ3) is 3.72. The molecule has 2 aromatic rings. The second kappa shape index (κ2) is 7.52. The van der Waals surface area contributed by atoms with Crippen LogP contribution in [-0.4, -0.2) is 29.9 Å². The molecule has 26 heavy (non-hydrogen) atoms. The Bertz CT molecular complexity index is 896. The lowest BCUT2D eigenvalue weighted by Gasteiger charge is -2.09. The van der Waals surface area contributed by atoms with Crippen LogP contribution in [0.25, 0.3) is 6.08 Å². The molecule has 3 amide bonds. The van der Waals surface area contributed by atoms with Gasteiger partial charge in [-0.3, -0.25) is 9.69 Å². The summed E-state index contributed by atoms with van der Waals surface area (Å²) in [4.78, 5) is 36.8. The van der Waals surface area contributed by atoms with Gasteiger partial charge < -0.3 is 14.5 Å². The maximum atomic E-state index is 12.4. The van der Waals surface area contributed by atoms with Crippen molar-refractivity contribution >= 4 is 24.0 Å². The highest BCUT2D eigenvalue weighted by atomic mass is 16.5. The SMILES string of the molecule is COC(=O)c1ccc(CN2C(=O)N/C(=C\C=C\c3ccccc3)C2=O)o1. The summed E-state index contributed by atoms with van der Waals surface area (Å²) in [5.74, 6) is -0.782. The molecular formula is C19H16N2O5. The standard InChI is InChI=1S/C19H16N2O5/c1-25-18(23)16-11-10-14(26-16)12-21-17(22)15(20-19(21)24)9-5-8-13-6-3-2-4-7-13/h2-11H,12H2,1H3,(H,20,24)/b8-5+,15-9-. The van der Waals surface area contributed by atoms with Crippen molar-refractivity contribution in [2.45, 2.75) is 6.54 Å². The maximum absolute atomic E-state index is 12.4. The van der Waals surface area contributed by atoms with E-state index in [1.54, 1.807) is 6.08 Å². The second-order valence-electron chi connectivity index (χ2n) is 5.43. The Hall–Kier alpha value is -3.61. The molecule has 0 aliphatic carbocycles.